The first-order valence-electron chi connectivity index (χ1n) is 9.26. The molecule has 0 aromatic carbocycles. The van der Waals surface area contributed by atoms with Crippen LogP contribution in [0.1, 0.15) is 104 Å². The van der Waals surface area contributed by atoms with Gasteiger partial charge in [0.2, 0.25) is 0 Å². The van der Waals surface area contributed by atoms with Gasteiger partial charge in [0.15, 0.2) is 0 Å². The van der Waals surface area contributed by atoms with Crippen molar-refractivity contribution in [1.82, 2.24) is 0 Å². The van der Waals surface area contributed by atoms with Crippen molar-refractivity contribution in [2.24, 2.45) is 11.8 Å². The number of carbonyl (C=O) groups excluding carboxylic acids is 1. The minimum Gasteiger partial charge on any atom is -0.299 e. The van der Waals surface area contributed by atoms with E-state index in [0.717, 1.165) is 25.2 Å². The zero-order chi connectivity index (χ0) is 14.6. The highest BCUT2D eigenvalue weighted by Crippen LogP contribution is 2.29. The zero-order valence-electron chi connectivity index (χ0n) is 14.0. The molecule has 1 saturated carbocycles. The summed E-state index contributed by atoms with van der Waals surface area (Å²) in [5.41, 5.74) is 0. The highest BCUT2D eigenvalue weighted by molar-refractivity contribution is 5.81. The summed E-state index contributed by atoms with van der Waals surface area (Å²) in [6.45, 7) is 4.58. The van der Waals surface area contributed by atoms with Gasteiger partial charge in [-0.15, -0.1) is 0 Å². The van der Waals surface area contributed by atoms with Crippen molar-refractivity contribution in [3.63, 3.8) is 0 Å². The summed E-state index contributed by atoms with van der Waals surface area (Å²) in [6, 6.07) is 0. The molecule has 0 heterocycles. The molecule has 118 valence electrons. The van der Waals surface area contributed by atoms with Crippen LogP contribution in [-0.4, -0.2) is 5.78 Å². The second-order valence-corrected chi connectivity index (χ2v) is 7.01. The molecule has 1 aliphatic carbocycles. The Hall–Kier alpha value is -0.330. The fourth-order valence-electron chi connectivity index (χ4n) is 3.48. The molecule has 1 rings (SSSR count). The molecule has 1 fully saturated rings. The van der Waals surface area contributed by atoms with Gasteiger partial charge in [-0.1, -0.05) is 78.1 Å². The van der Waals surface area contributed by atoms with Gasteiger partial charge in [0.1, 0.15) is 5.78 Å². The molecule has 0 aromatic rings. The number of rotatable bonds is 11. The molecule has 0 radical (unpaired) electrons. The third-order valence-corrected chi connectivity index (χ3v) is 4.93. The van der Waals surface area contributed by atoms with Crippen molar-refractivity contribution < 1.29 is 4.79 Å². The van der Waals surface area contributed by atoms with Crippen LogP contribution in [0.5, 0.6) is 0 Å². The van der Waals surface area contributed by atoms with Crippen molar-refractivity contribution in [2.75, 3.05) is 0 Å². The lowest BCUT2D eigenvalue weighted by atomic mass is 9.79. The average molecular weight is 280 g/mol. The smallest absolute Gasteiger partial charge is 0.135 e. The van der Waals surface area contributed by atoms with Gasteiger partial charge in [-0.25, -0.2) is 0 Å². The van der Waals surface area contributed by atoms with Crippen molar-refractivity contribution in [2.45, 2.75) is 104 Å². The SMILES string of the molecule is CCCCCCCCCCCCC1CC(C)CCC1=O. The third kappa shape index (κ3) is 8.07. The summed E-state index contributed by atoms with van der Waals surface area (Å²) in [6.07, 6.45) is 18.2. The third-order valence-electron chi connectivity index (χ3n) is 4.93. The van der Waals surface area contributed by atoms with E-state index in [1.54, 1.807) is 0 Å². The van der Waals surface area contributed by atoms with Gasteiger partial charge >= 0.3 is 0 Å². The van der Waals surface area contributed by atoms with Gasteiger partial charge in [-0.05, 0) is 25.2 Å². The minimum atomic E-state index is 0.410. The number of ketones is 1. The molecule has 0 aromatic heterocycles. The Labute approximate surface area is 126 Å². The van der Waals surface area contributed by atoms with Gasteiger partial charge in [-0.3, -0.25) is 4.79 Å². The summed E-state index contributed by atoms with van der Waals surface area (Å²) in [7, 11) is 0. The standard InChI is InChI=1S/C19H36O/c1-3-4-5-6-7-8-9-10-11-12-13-18-16-17(2)14-15-19(18)20/h17-18H,3-16H2,1-2H3. The van der Waals surface area contributed by atoms with Gasteiger partial charge in [0.05, 0.1) is 0 Å². The molecule has 0 amide bonds. The number of carbonyl (C=O) groups is 1. The lowest BCUT2D eigenvalue weighted by Crippen LogP contribution is -2.23. The second kappa shape index (κ2) is 11.3. The highest BCUT2D eigenvalue weighted by atomic mass is 16.1. The van der Waals surface area contributed by atoms with Crippen LogP contribution in [-0.2, 0) is 4.79 Å². The van der Waals surface area contributed by atoms with E-state index in [1.165, 1.54) is 70.6 Å². The number of Topliss-reactive ketones (excluding diaryl/α,β-unsaturated/α-hetero) is 1. The Morgan fingerprint density at radius 3 is 2.05 bits per heavy atom. The van der Waals surface area contributed by atoms with E-state index in [9.17, 15) is 4.79 Å². The molecule has 1 nitrogen and oxygen atoms in total. The summed E-state index contributed by atoms with van der Waals surface area (Å²) in [4.78, 5) is 11.8. The first kappa shape index (κ1) is 17.7. The Morgan fingerprint density at radius 2 is 1.45 bits per heavy atom. The first-order chi connectivity index (χ1) is 9.74. The Kier molecular flexibility index (Phi) is 10.1. The predicted octanol–water partition coefficient (Wildman–Crippen LogP) is 6.30. The van der Waals surface area contributed by atoms with E-state index in [2.05, 4.69) is 13.8 Å². The van der Waals surface area contributed by atoms with Gasteiger partial charge in [0, 0.05) is 12.3 Å². The van der Waals surface area contributed by atoms with Gasteiger partial charge in [-0.2, -0.15) is 0 Å². The lowest BCUT2D eigenvalue weighted by molar-refractivity contribution is -0.125. The molecule has 1 aliphatic rings. The fourth-order valence-corrected chi connectivity index (χ4v) is 3.48. The van der Waals surface area contributed by atoms with Gasteiger partial charge in [0.25, 0.3) is 0 Å². The maximum atomic E-state index is 11.8. The fraction of sp³-hybridized carbons (Fsp3) is 0.947. The summed E-state index contributed by atoms with van der Waals surface area (Å²) < 4.78 is 0. The van der Waals surface area contributed by atoms with Crippen LogP contribution in [0, 0.1) is 11.8 Å². The van der Waals surface area contributed by atoms with Crippen LogP contribution in [0.25, 0.3) is 0 Å². The normalized spacial score (nSPS) is 23.2. The van der Waals surface area contributed by atoms with Crippen molar-refractivity contribution >= 4 is 5.78 Å². The van der Waals surface area contributed by atoms with E-state index in [0.29, 0.717) is 11.7 Å². The average Bonchev–Trinajstić information content (AvgIpc) is 2.44. The Morgan fingerprint density at radius 1 is 0.900 bits per heavy atom. The van der Waals surface area contributed by atoms with E-state index in [4.69, 9.17) is 0 Å². The van der Waals surface area contributed by atoms with Crippen LogP contribution in [0.4, 0.5) is 0 Å². The number of unbranched alkanes of at least 4 members (excludes halogenated alkanes) is 9. The Balaban J connectivity index is 1.88. The van der Waals surface area contributed by atoms with E-state index in [1.807, 2.05) is 0 Å². The van der Waals surface area contributed by atoms with Crippen LogP contribution < -0.4 is 0 Å². The summed E-state index contributed by atoms with van der Waals surface area (Å²) in [5, 5.41) is 0. The van der Waals surface area contributed by atoms with Crippen LogP contribution >= 0.6 is 0 Å². The van der Waals surface area contributed by atoms with E-state index in [-0.39, 0.29) is 0 Å². The number of hydrogen-bond donors (Lipinski definition) is 0. The maximum absolute atomic E-state index is 11.8. The topological polar surface area (TPSA) is 17.1 Å². The molecule has 0 spiro atoms. The monoisotopic (exact) mass is 280 g/mol. The minimum absolute atomic E-state index is 0.410. The molecule has 2 unspecified atom stereocenters. The van der Waals surface area contributed by atoms with Crippen LogP contribution in [0.15, 0.2) is 0 Å². The summed E-state index contributed by atoms with van der Waals surface area (Å²) in [5.74, 6) is 1.74. The molecule has 0 saturated heterocycles. The molecule has 1 heteroatoms. The highest BCUT2D eigenvalue weighted by Gasteiger charge is 2.25. The maximum Gasteiger partial charge on any atom is 0.135 e. The molecular formula is C19H36O. The molecular weight excluding hydrogens is 244 g/mol. The van der Waals surface area contributed by atoms with E-state index < -0.39 is 0 Å². The molecule has 0 N–H and O–H groups in total. The van der Waals surface area contributed by atoms with Crippen molar-refractivity contribution in [1.29, 1.82) is 0 Å². The Bertz CT molecular complexity index is 246. The first-order valence-corrected chi connectivity index (χ1v) is 9.26. The van der Waals surface area contributed by atoms with Crippen molar-refractivity contribution in [3.05, 3.63) is 0 Å². The number of hydrogen-bond acceptors (Lipinski definition) is 1. The largest absolute Gasteiger partial charge is 0.299 e. The summed E-state index contributed by atoms with van der Waals surface area (Å²) >= 11 is 0. The van der Waals surface area contributed by atoms with Gasteiger partial charge < -0.3 is 0 Å². The van der Waals surface area contributed by atoms with Crippen LogP contribution in [0.2, 0.25) is 0 Å². The molecule has 20 heavy (non-hydrogen) atoms. The molecule has 0 bridgehead atoms. The van der Waals surface area contributed by atoms with Crippen LogP contribution in [0.3, 0.4) is 0 Å². The molecule has 0 aliphatic heterocycles. The predicted molar refractivity (Wildman–Crippen MR) is 88.0 cm³/mol. The second-order valence-electron chi connectivity index (χ2n) is 7.01. The lowest BCUT2D eigenvalue weighted by Gasteiger charge is -2.25. The molecule has 2 atom stereocenters. The zero-order valence-corrected chi connectivity index (χ0v) is 14.0. The van der Waals surface area contributed by atoms with Crippen molar-refractivity contribution in [3.8, 4) is 0 Å². The van der Waals surface area contributed by atoms with E-state index >= 15 is 0 Å². The quantitative estimate of drug-likeness (QED) is 0.406.